The second-order valence-electron chi connectivity index (χ2n) is 8.27. The maximum atomic E-state index is 6.21. The van der Waals surface area contributed by atoms with Crippen LogP contribution in [0.2, 0.25) is 0 Å². The molecule has 1 unspecified atom stereocenters. The predicted octanol–water partition coefficient (Wildman–Crippen LogP) is 3.96. The number of para-hydroxylation sites is 1. The van der Waals surface area contributed by atoms with Crippen LogP contribution in [0.25, 0.3) is 0 Å². The number of nitrogens with zero attached hydrogens (tertiary/aromatic N) is 1. The molecule has 0 amide bonds. The van der Waals surface area contributed by atoms with Crippen molar-refractivity contribution < 1.29 is 14.2 Å². The molecule has 1 saturated carbocycles. The van der Waals surface area contributed by atoms with E-state index in [0.717, 1.165) is 54.5 Å². The summed E-state index contributed by atoms with van der Waals surface area (Å²) in [7, 11) is 1.79. The van der Waals surface area contributed by atoms with E-state index >= 15 is 0 Å². The van der Waals surface area contributed by atoms with Crippen LogP contribution >= 0.6 is 0 Å². The Morgan fingerprint density at radius 1 is 0.968 bits per heavy atom. The summed E-state index contributed by atoms with van der Waals surface area (Å²) < 4.78 is 17.8. The SMILES string of the molecule is CN=C(NCc1ccccc1OC1CCC1)NCc1ccc(C)cc1OC1CCOC1. The molecule has 0 bridgehead atoms. The van der Waals surface area contributed by atoms with Crippen molar-refractivity contribution in [2.45, 2.75) is 57.9 Å². The fourth-order valence-electron chi connectivity index (χ4n) is 3.71. The highest BCUT2D eigenvalue weighted by Crippen LogP contribution is 2.27. The molecule has 1 atom stereocenters. The van der Waals surface area contributed by atoms with E-state index in [1.807, 2.05) is 18.2 Å². The van der Waals surface area contributed by atoms with Crippen LogP contribution in [0.15, 0.2) is 47.5 Å². The zero-order valence-corrected chi connectivity index (χ0v) is 18.5. The minimum absolute atomic E-state index is 0.130. The first-order chi connectivity index (χ1) is 15.2. The van der Waals surface area contributed by atoms with Crippen molar-refractivity contribution in [3.05, 3.63) is 59.2 Å². The lowest BCUT2D eigenvalue weighted by atomic mass is 9.96. The normalized spacial score (nSPS) is 19.0. The van der Waals surface area contributed by atoms with Gasteiger partial charge in [-0.1, -0.05) is 30.3 Å². The molecule has 1 saturated heterocycles. The molecule has 4 rings (SSSR count). The third kappa shape index (κ3) is 5.91. The summed E-state index contributed by atoms with van der Waals surface area (Å²) in [6.07, 6.45) is 5.00. The topological polar surface area (TPSA) is 64.1 Å². The van der Waals surface area contributed by atoms with E-state index in [1.54, 1.807) is 7.05 Å². The van der Waals surface area contributed by atoms with Gasteiger partial charge in [0.1, 0.15) is 17.6 Å². The van der Waals surface area contributed by atoms with E-state index in [0.29, 0.717) is 25.8 Å². The molecule has 0 spiro atoms. The standard InChI is InChI=1S/C25H33N3O3/c1-18-10-11-20(24(14-18)31-22-12-13-29-17-22)16-28-25(26-2)27-15-19-6-3-4-9-23(19)30-21-7-5-8-21/h3-4,6,9-11,14,21-22H,5,7-8,12-13,15-17H2,1-2H3,(H2,26,27,28). The summed E-state index contributed by atoms with van der Waals surface area (Å²) in [6, 6.07) is 14.5. The molecule has 1 aliphatic heterocycles. The Hall–Kier alpha value is -2.73. The highest BCUT2D eigenvalue weighted by atomic mass is 16.5. The van der Waals surface area contributed by atoms with Crippen LogP contribution in [0.1, 0.15) is 42.4 Å². The Kier molecular flexibility index (Phi) is 7.30. The lowest BCUT2D eigenvalue weighted by Gasteiger charge is -2.27. The Morgan fingerprint density at radius 3 is 2.39 bits per heavy atom. The maximum absolute atomic E-state index is 6.21. The van der Waals surface area contributed by atoms with Crippen molar-refractivity contribution in [2.24, 2.45) is 4.99 Å². The fourth-order valence-corrected chi connectivity index (χ4v) is 3.71. The monoisotopic (exact) mass is 423 g/mol. The molecule has 1 aliphatic carbocycles. The molecule has 1 heterocycles. The van der Waals surface area contributed by atoms with Gasteiger partial charge in [-0.05, 0) is 43.9 Å². The first-order valence-electron chi connectivity index (χ1n) is 11.2. The van der Waals surface area contributed by atoms with E-state index in [9.17, 15) is 0 Å². The summed E-state index contributed by atoms with van der Waals surface area (Å²) in [5.41, 5.74) is 3.43. The van der Waals surface area contributed by atoms with Gasteiger partial charge in [0, 0.05) is 37.7 Å². The number of benzene rings is 2. The number of aliphatic imine (C=N–C) groups is 1. The first-order valence-corrected chi connectivity index (χ1v) is 11.2. The molecule has 2 aromatic rings. The van der Waals surface area contributed by atoms with Crippen LogP contribution in [-0.4, -0.2) is 38.4 Å². The van der Waals surface area contributed by atoms with E-state index in [2.05, 4.69) is 46.8 Å². The van der Waals surface area contributed by atoms with E-state index in [4.69, 9.17) is 14.2 Å². The van der Waals surface area contributed by atoms with Gasteiger partial charge in [-0.3, -0.25) is 4.99 Å². The van der Waals surface area contributed by atoms with Crippen LogP contribution in [-0.2, 0) is 17.8 Å². The lowest BCUT2D eigenvalue weighted by molar-refractivity contribution is 0.119. The van der Waals surface area contributed by atoms with Crippen LogP contribution in [0.3, 0.4) is 0 Å². The first kappa shape index (κ1) is 21.5. The molecular weight excluding hydrogens is 390 g/mol. The highest BCUT2D eigenvalue weighted by molar-refractivity contribution is 5.79. The van der Waals surface area contributed by atoms with Crippen molar-refractivity contribution >= 4 is 5.96 Å². The number of ether oxygens (including phenoxy) is 3. The van der Waals surface area contributed by atoms with Gasteiger partial charge in [-0.15, -0.1) is 0 Å². The van der Waals surface area contributed by atoms with Gasteiger partial charge >= 0.3 is 0 Å². The highest BCUT2D eigenvalue weighted by Gasteiger charge is 2.20. The van der Waals surface area contributed by atoms with Crippen LogP contribution in [0.4, 0.5) is 0 Å². The van der Waals surface area contributed by atoms with Crippen molar-refractivity contribution in [3.63, 3.8) is 0 Å². The predicted molar refractivity (Wildman–Crippen MR) is 123 cm³/mol. The van der Waals surface area contributed by atoms with E-state index < -0.39 is 0 Å². The minimum atomic E-state index is 0.130. The molecule has 2 N–H and O–H groups in total. The zero-order chi connectivity index (χ0) is 21.5. The molecule has 31 heavy (non-hydrogen) atoms. The average molecular weight is 424 g/mol. The molecule has 0 aromatic heterocycles. The summed E-state index contributed by atoms with van der Waals surface area (Å²) in [5, 5.41) is 6.82. The molecule has 2 aromatic carbocycles. The van der Waals surface area contributed by atoms with Gasteiger partial charge in [0.2, 0.25) is 0 Å². The number of nitrogens with one attached hydrogen (secondary N) is 2. The second kappa shape index (κ2) is 10.5. The Morgan fingerprint density at radius 2 is 1.71 bits per heavy atom. The molecule has 2 fully saturated rings. The number of rotatable bonds is 8. The maximum Gasteiger partial charge on any atom is 0.191 e. The minimum Gasteiger partial charge on any atom is -0.490 e. The quantitative estimate of drug-likeness (QED) is 0.497. The number of hydrogen-bond donors (Lipinski definition) is 2. The molecule has 0 radical (unpaired) electrons. The second-order valence-corrected chi connectivity index (χ2v) is 8.27. The number of guanidine groups is 1. The van der Waals surface area contributed by atoms with Crippen LogP contribution in [0.5, 0.6) is 11.5 Å². The van der Waals surface area contributed by atoms with Gasteiger partial charge in [-0.2, -0.15) is 0 Å². The Balaban J connectivity index is 1.34. The Bertz CT molecular complexity index is 889. The summed E-state index contributed by atoms with van der Waals surface area (Å²) in [4.78, 5) is 4.38. The van der Waals surface area contributed by atoms with E-state index in [1.165, 1.54) is 12.0 Å². The third-order valence-corrected chi connectivity index (χ3v) is 5.84. The van der Waals surface area contributed by atoms with Crippen LogP contribution in [0, 0.1) is 6.92 Å². The number of hydrogen-bond acceptors (Lipinski definition) is 4. The van der Waals surface area contributed by atoms with Crippen molar-refractivity contribution in [3.8, 4) is 11.5 Å². The van der Waals surface area contributed by atoms with E-state index in [-0.39, 0.29) is 6.10 Å². The summed E-state index contributed by atoms with van der Waals surface area (Å²) in [6.45, 7) is 4.79. The van der Waals surface area contributed by atoms with Gasteiger partial charge < -0.3 is 24.8 Å². The lowest BCUT2D eigenvalue weighted by Crippen LogP contribution is -2.36. The van der Waals surface area contributed by atoms with Crippen molar-refractivity contribution in [1.82, 2.24) is 10.6 Å². The Labute approximate surface area is 185 Å². The smallest absolute Gasteiger partial charge is 0.191 e. The average Bonchev–Trinajstić information content (AvgIpc) is 3.26. The van der Waals surface area contributed by atoms with Crippen molar-refractivity contribution in [2.75, 3.05) is 20.3 Å². The van der Waals surface area contributed by atoms with Crippen molar-refractivity contribution in [1.29, 1.82) is 0 Å². The fraction of sp³-hybridized carbons (Fsp3) is 0.480. The van der Waals surface area contributed by atoms with Crippen LogP contribution < -0.4 is 20.1 Å². The summed E-state index contributed by atoms with van der Waals surface area (Å²) >= 11 is 0. The molecule has 166 valence electrons. The largest absolute Gasteiger partial charge is 0.490 e. The molecule has 2 aliphatic rings. The van der Waals surface area contributed by atoms with Gasteiger partial charge in [0.15, 0.2) is 5.96 Å². The van der Waals surface area contributed by atoms with Gasteiger partial charge in [0.05, 0.1) is 19.3 Å². The molecular formula is C25H33N3O3. The molecule has 6 nitrogen and oxygen atoms in total. The summed E-state index contributed by atoms with van der Waals surface area (Å²) in [5.74, 6) is 2.62. The van der Waals surface area contributed by atoms with Gasteiger partial charge in [0.25, 0.3) is 0 Å². The third-order valence-electron chi connectivity index (χ3n) is 5.84. The van der Waals surface area contributed by atoms with Gasteiger partial charge in [-0.25, -0.2) is 0 Å². The number of aryl methyl sites for hydroxylation is 1. The zero-order valence-electron chi connectivity index (χ0n) is 18.5. The molecule has 6 heteroatoms.